The molecule has 0 saturated heterocycles. The van der Waals surface area contributed by atoms with Crippen LogP contribution in [0.15, 0.2) is 0 Å². The third-order valence-electron chi connectivity index (χ3n) is 6.39. The number of unbranched alkanes of at least 4 members (excludes halogenated alkanes) is 5. The molecule has 0 aromatic carbocycles. The first kappa shape index (κ1) is 50.5. The van der Waals surface area contributed by atoms with Gasteiger partial charge in [-0.05, 0) is 31.4 Å². The van der Waals surface area contributed by atoms with Crippen LogP contribution in [0.4, 0.5) is 4.79 Å². The molecule has 306 valence electrons. The summed E-state index contributed by atoms with van der Waals surface area (Å²) in [4.78, 5) is 53.2. The lowest BCUT2D eigenvalue weighted by atomic mass is 10.2. The summed E-state index contributed by atoms with van der Waals surface area (Å²) in [5, 5.41) is 8.13. The number of rotatable bonds is 39. The summed E-state index contributed by atoms with van der Waals surface area (Å²) in [6.45, 7) is 4.37. The maximum Gasteiger partial charge on any atom is 0.694 e. The van der Waals surface area contributed by atoms with Crippen LogP contribution in [0.25, 0.3) is 0 Å². The molecule has 0 rings (SSSR count). The molecule has 0 aliphatic heterocycles. The summed E-state index contributed by atoms with van der Waals surface area (Å²) in [5.41, 5.74) is 0. The van der Waals surface area contributed by atoms with Crippen LogP contribution in [-0.2, 0) is 60.7 Å². The van der Waals surface area contributed by atoms with Crippen LogP contribution in [0.1, 0.15) is 57.8 Å². The van der Waals surface area contributed by atoms with Gasteiger partial charge in [-0.15, -0.1) is 9.42 Å². The quantitative estimate of drug-likeness (QED) is 0.0296. The first-order valence-electron chi connectivity index (χ1n) is 17.5. The van der Waals surface area contributed by atoms with Crippen molar-refractivity contribution in [3.63, 3.8) is 0 Å². The van der Waals surface area contributed by atoms with Gasteiger partial charge in [0, 0.05) is 30.5 Å². The zero-order valence-electron chi connectivity index (χ0n) is 30.0. The lowest BCUT2D eigenvalue weighted by molar-refractivity contribution is -0.122. The highest BCUT2D eigenvalue weighted by Gasteiger charge is 2.20. The van der Waals surface area contributed by atoms with Gasteiger partial charge in [0.15, 0.2) is 0 Å². The zero-order chi connectivity index (χ0) is 38.4. The highest BCUT2D eigenvalue weighted by atomic mass is 32.1. The second kappa shape index (κ2) is 37.8. The standard InChI is InChI=1S/C30H59N3O16P2S/c34-28(8-4-3-6-10-31-29(35)9-27-52)32-12-14-46-30(36)33-11-5-1-2-7-13-48-51(39,40)49-26-24-45-22-20-43-18-16-41-15-17-42-19-21-44-23-25-47-50(37)38/h1-27H2,(H5-,31,32,33,34,35,36,37,38,39,40,52)/p+1. The number of phosphoric acid groups is 1. The molecule has 0 aromatic heterocycles. The maximum atomic E-state index is 12.0. The smallest absolute Gasteiger partial charge is 0.448 e. The average Bonchev–Trinajstić information content (AvgIpc) is 3.10. The third-order valence-corrected chi connectivity index (χ3v) is 8.04. The molecule has 22 heteroatoms. The largest absolute Gasteiger partial charge is 0.694 e. The van der Waals surface area contributed by atoms with Gasteiger partial charge in [-0.25, -0.2) is 9.36 Å². The Morgan fingerprint density at radius 3 is 1.60 bits per heavy atom. The fraction of sp³-hybridized carbons (Fsp3) is 0.900. The number of carbonyl (C=O) groups is 3. The Kier molecular flexibility index (Phi) is 36.7. The van der Waals surface area contributed by atoms with Crippen molar-refractivity contribution in [1.29, 1.82) is 0 Å². The molecule has 0 bridgehead atoms. The Balaban J connectivity index is 3.43. The van der Waals surface area contributed by atoms with Crippen LogP contribution in [0.3, 0.4) is 0 Å². The van der Waals surface area contributed by atoms with Crippen LogP contribution in [-0.4, -0.2) is 146 Å². The van der Waals surface area contributed by atoms with Crippen molar-refractivity contribution in [3.05, 3.63) is 0 Å². The van der Waals surface area contributed by atoms with Gasteiger partial charge in [-0.2, -0.15) is 12.6 Å². The first-order valence-corrected chi connectivity index (χ1v) is 20.8. The van der Waals surface area contributed by atoms with Crippen molar-refractivity contribution in [3.8, 4) is 0 Å². The van der Waals surface area contributed by atoms with E-state index in [4.69, 9.17) is 42.4 Å². The molecule has 2 atom stereocenters. The van der Waals surface area contributed by atoms with E-state index in [9.17, 15) is 28.4 Å². The van der Waals surface area contributed by atoms with E-state index < -0.39 is 22.2 Å². The normalized spacial score (nSPS) is 12.6. The van der Waals surface area contributed by atoms with Gasteiger partial charge >= 0.3 is 22.2 Å². The van der Waals surface area contributed by atoms with Gasteiger partial charge in [0.25, 0.3) is 0 Å². The van der Waals surface area contributed by atoms with Crippen LogP contribution in [0, 0.1) is 0 Å². The molecular formula is C30H60N3O16P2S+. The fourth-order valence-corrected chi connectivity index (χ4v) is 5.01. The van der Waals surface area contributed by atoms with E-state index in [1.807, 2.05) is 0 Å². The Morgan fingerprint density at radius 2 is 1.02 bits per heavy atom. The third kappa shape index (κ3) is 39.7. The number of alkyl carbamates (subject to hydrolysis) is 1. The van der Waals surface area contributed by atoms with Gasteiger partial charge in [0.05, 0.1) is 85.8 Å². The van der Waals surface area contributed by atoms with Crippen molar-refractivity contribution in [2.24, 2.45) is 0 Å². The van der Waals surface area contributed by atoms with Gasteiger partial charge < -0.3 is 49.3 Å². The second-order valence-corrected chi connectivity index (χ2v) is 13.4. The highest BCUT2D eigenvalue weighted by Crippen LogP contribution is 2.43. The lowest BCUT2D eigenvalue weighted by Crippen LogP contribution is -2.31. The van der Waals surface area contributed by atoms with Crippen molar-refractivity contribution < 1.29 is 75.3 Å². The van der Waals surface area contributed by atoms with Crippen molar-refractivity contribution >= 4 is 46.6 Å². The summed E-state index contributed by atoms with van der Waals surface area (Å²) in [5.74, 6) is 0.380. The Morgan fingerprint density at radius 1 is 0.558 bits per heavy atom. The minimum atomic E-state index is -4.18. The molecule has 19 nitrogen and oxygen atoms in total. The number of ether oxygens (including phenoxy) is 6. The van der Waals surface area contributed by atoms with Crippen molar-refractivity contribution in [1.82, 2.24) is 16.0 Å². The molecule has 5 N–H and O–H groups in total. The monoisotopic (exact) mass is 812 g/mol. The second-order valence-electron chi connectivity index (χ2n) is 10.7. The molecule has 0 aliphatic carbocycles. The van der Waals surface area contributed by atoms with E-state index in [-0.39, 0.29) is 64.6 Å². The Bertz CT molecular complexity index is 960. The molecule has 0 aliphatic rings. The summed E-state index contributed by atoms with van der Waals surface area (Å²) < 4.78 is 68.1. The maximum absolute atomic E-state index is 12.0. The average molecular weight is 813 g/mol. The molecule has 0 spiro atoms. The lowest BCUT2D eigenvalue weighted by Gasteiger charge is -2.12. The van der Waals surface area contributed by atoms with Crippen LogP contribution >= 0.6 is 28.7 Å². The van der Waals surface area contributed by atoms with Gasteiger partial charge in [-0.1, -0.05) is 19.3 Å². The minimum absolute atomic E-state index is 0.0198. The molecule has 3 amide bonds. The van der Waals surface area contributed by atoms with E-state index in [1.165, 1.54) is 0 Å². The SMILES string of the molecule is O=C(CCS)NCCCCCC(=O)NCCOC(=O)NCCCCCCOP(=O)(O)OCCOCCOCCOCCOCCOCCO[P+](=O)O. The van der Waals surface area contributed by atoms with Gasteiger partial charge in [0.2, 0.25) is 11.8 Å². The van der Waals surface area contributed by atoms with Gasteiger partial charge in [-0.3, -0.25) is 18.6 Å². The predicted octanol–water partition coefficient (Wildman–Crippen LogP) is 2.27. The molecule has 0 fully saturated rings. The molecule has 52 heavy (non-hydrogen) atoms. The zero-order valence-corrected chi connectivity index (χ0v) is 32.7. The van der Waals surface area contributed by atoms with E-state index in [1.54, 1.807) is 0 Å². The van der Waals surface area contributed by atoms with Crippen molar-refractivity contribution in [2.45, 2.75) is 57.8 Å². The fourth-order valence-electron chi connectivity index (χ4n) is 3.83. The molecule has 0 radical (unpaired) electrons. The molecule has 0 heterocycles. The van der Waals surface area contributed by atoms with Crippen molar-refractivity contribution in [2.75, 3.05) is 118 Å². The molecular weight excluding hydrogens is 752 g/mol. The Labute approximate surface area is 313 Å². The van der Waals surface area contributed by atoms with Gasteiger partial charge in [0.1, 0.15) is 13.2 Å². The summed E-state index contributed by atoms with van der Waals surface area (Å²) in [7, 11) is -6.78. The van der Waals surface area contributed by atoms with Crippen LogP contribution in [0.2, 0.25) is 0 Å². The number of thiol groups is 1. The summed E-state index contributed by atoms with van der Waals surface area (Å²) in [6, 6.07) is 0. The number of phosphoric ester groups is 1. The Hall–Kier alpha value is -1.51. The summed E-state index contributed by atoms with van der Waals surface area (Å²) in [6.07, 6.45) is 5.25. The van der Waals surface area contributed by atoms with E-state index in [0.29, 0.717) is 97.2 Å². The molecule has 2 unspecified atom stereocenters. The number of nitrogens with one attached hydrogen (secondary N) is 3. The molecule has 0 aromatic rings. The van der Waals surface area contributed by atoms with Crippen LogP contribution in [0.5, 0.6) is 0 Å². The number of carbonyl (C=O) groups excluding carboxylic acids is 3. The topological polar surface area (TPSA) is 245 Å². The number of hydrogen-bond acceptors (Lipinski definition) is 15. The predicted molar refractivity (Wildman–Crippen MR) is 192 cm³/mol. The number of hydrogen-bond donors (Lipinski definition) is 6. The van der Waals surface area contributed by atoms with E-state index >= 15 is 0 Å². The summed E-state index contributed by atoms with van der Waals surface area (Å²) >= 11 is 4.01. The van der Waals surface area contributed by atoms with Crippen LogP contribution < -0.4 is 16.0 Å². The van der Waals surface area contributed by atoms with E-state index in [0.717, 1.165) is 25.7 Å². The van der Waals surface area contributed by atoms with E-state index in [2.05, 4.69) is 33.1 Å². The minimum Gasteiger partial charge on any atom is -0.448 e. The number of amides is 3. The first-order chi connectivity index (χ1) is 25.2. The molecule has 0 saturated carbocycles. The highest BCUT2D eigenvalue weighted by molar-refractivity contribution is 7.80.